The van der Waals surface area contributed by atoms with Gasteiger partial charge in [-0.3, -0.25) is 9.69 Å². The molecule has 1 aromatic rings. The minimum atomic E-state index is -3.43. The molecule has 10 heteroatoms. The standard InChI is InChI=1S/C25H39NO7S2/c1-4-34-18-35(28,29)17-25(27)33-20-11-13-26(16-20)21-7-5-6-8-22(21)32-14-12-19-9-10-23(30-2)24(15-19)31-3/h9-10,15,20-22H,4-8,11-14,16-18H2,1-3H3/t20-,21-,22-/m1/s1. The zero-order chi connectivity index (χ0) is 25.3. The average molecular weight is 530 g/mol. The van der Waals surface area contributed by atoms with E-state index in [0.29, 0.717) is 30.7 Å². The fourth-order valence-corrected chi connectivity index (χ4v) is 7.30. The summed E-state index contributed by atoms with van der Waals surface area (Å²) in [7, 11) is -0.167. The third kappa shape index (κ3) is 8.55. The largest absolute Gasteiger partial charge is 0.493 e. The predicted octanol–water partition coefficient (Wildman–Crippen LogP) is 3.32. The fourth-order valence-electron chi connectivity index (χ4n) is 4.86. The maximum absolute atomic E-state index is 12.2. The Kier molecular flexibility index (Phi) is 11.0. The van der Waals surface area contributed by atoms with Crippen LogP contribution in [0, 0.1) is 0 Å². The number of methoxy groups -OCH3 is 2. The van der Waals surface area contributed by atoms with Crippen LogP contribution in [0.25, 0.3) is 0 Å². The zero-order valence-electron chi connectivity index (χ0n) is 21.1. The smallest absolute Gasteiger partial charge is 0.321 e. The molecule has 3 atom stereocenters. The Hall–Kier alpha value is -1.49. The van der Waals surface area contributed by atoms with Gasteiger partial charge in [-0.1, -0.05) is 25.8 Å². The summed E-state index contributed by atoms with van der Waals surface area (Å²) in [5.41, 5.74) is 1.13. The van der Waals surface area contributed by atoms with Gasteiger partial charge in [-0.15, -0.1) is 11.8 Å². The van der Waals surface area contributed by atoms with Crippen LogP contribution in [0.5, 0.6) is 11.5 Å². The molecule has 0 N–H and O–H groups in total. The highest BCUT2D eigenvalue weighted by Gasteiger charge is 2.36. The highest BCUT2D eigenvalue weighted by molar-refractivity contribution is 8.12. The normalized spacial score (nSPS) is 23.2. The van der Waals surface area contributed by atoms with E-state index < -0.39 is 21.6 Å². The minimum absolute atomic E-state index is 0.0419. The second-order valence-corrected chi connectivity index (χ2v) is 12.8. The molecule has 1 heterocycles. The van der Waals surface area contributed by atoms with Crippen LogP contribution in [-0.2, 0) is 30.5 Å². The van der Waals surface area contributed by atoms with Gasteiger partial charge in [0.2, 0.25) is 0 Å². The SMILES string of the molecule is CCSCS(=O)(=O)CC(=O)O[C@@H]1CCN([C@@H]2CCCC[C@H]2OCCc2ccc(OC)c(OC)c2)C1. The molecular formula is C25H39NO7S2. The van der Waals surface area contributed by atoms with Crippen LogP contribution in [0.4, 0.5) is 0 Å². The minimum Gasteiger partial charge on any atom is -0.493 e. The summed E-state index contributed by atoms with van der Waals surface area (Å²) in [6.07, 6.45) is 5.79. The van der Waals surface area contributed by atoms with Gasteiger partial charge < -0.3 is 18.9 Å². The van der Waals surface area contributed by atoms with Crippen LogP contribution < -0.4 is 9.47 Å². The molecule has 0 radical (unpaired) electrons. The van der Waals surface area contributed by atoms with Crippen molar-refractivity contribution in [2.45, 2.75) is 63.7 Å². The first-order chi connectivity index (χ1) is 16.8. The second kappa shape index (κ2) is 13.7. The summed E-state index contributed by atoms with van der Waals surface area (Å²) in [5.74, 6) is 0.952. The van der Waals surface area contributed by atoms with Crippen LogP contribution in [0.2, 0.25) is 0 Å². The van der Waals surface area contributed by atoms with E-state index >= 15 is 0 Å². The van der Waals surface area contributed by atoms with E-state index in [9.17, 15) is 13.2 Å². The lowest BCUT2D eigenvalue weighted by Gasteiger charge is -2.37. The number of rotatable bonds is 13. The van der Waals surface area contributed by atoms with Crippen molar-refractivity contribution in [3.8, 4) is 11.5 Å². The lowest BCUT2D eigenvalue weighted by atomic mass is 9.91. The van der Waals surface area contributed by atoms with E-state index in [1.165, 1.54) is 11.8 Å². The molecule has 2 fully saturated rings. The van der Waals surface area contributed by atoms with E-state index in [0.717, 1.165) is 56.4 Å². The third-order valence-electron chi connectivity index (χ3n) is 6.59. The molecule has 3 rings (SSSR count). The molecule has 0 amide bonds. The summed E-state index contributed by atoms with van der Waals surface area (Å²) in [4.78, 5) is 14.6. The van der Waals surface area contributed by atoms with Gasteiger partial charge in [0.15, 0.2) is 21.3 Å². The molecule has 0 unspecified atom stereocenters. The van der Waals surface area contributed by atoms with Gasteiger partial charge in [-0.05, 0) is 49.1 Å². The number of sulfone groups is 1. The zero-order valence-corrected chi connectivity index (χ0v) is 22.7. The molecule has 8 nitrogen and oxygen atoms in total. The molecule has 0 spiro atoms. The summed E-state index contributed by atoms with van der Waals surface area (Å²) < 4.78 is 46.7. The average Bonchev–Trinajstić information content (AvgIpc) is 3.30. The number of nitrogens with zero attached hydrogens (tertiary/aromatic N) is 1. The lowest BCUT2D eigenvalue weighted by molar-refractivity contribution is -0.145. The quantitative estimate of drug-likeness (QED) is 0.357. The number of hydrogen-bond acceptors (Lipinski definition) is 9. The van der Waals surface area contributed by atoms with Gasteiger partial charge in [0, 0.05) is 19.1 Å². The lowest BCUT2D eigenvalue weighted by Crippen LogP contribution is -2.46. The van der Waals surface area contributed by atoms with Gasteiger partial charge in [0.25, 0.3) is 0 Å². The molecule has 0 bridgehead atoms. The van der Waals surface area contributed by atoms with Crippen LogP contribution in [0.1, 0.15) is 44.6 Å². The summed E-state index contributed by atoms with van der Waals surface area (Å²) >= 11 is 1.30. The number of carbonyl (C=O) groups excluding carboxylic acids is 1. The maximum Gasteiger partial charge on any atom is 0.321 e. The first-order valence-corrected chi connectivity index (χ1v) is 15.4. The van der Waals surface area contributed by atoms with Crippen molar-refractivity contribution >= 4 is 27.6 Å². The summed E-state index contributed by atoms with van der Waals surface area (Å²) in [6, 6.07) is 6.23. The van der Waals surface area contributed by atoms with Crippen molar-refractivity contribution in [1.29, 1.82) is 0 Å². The van der Waals surface area contributed by atoms with Crippen LogP contribution >= 0.6 is 11.8 Å². The molecular weight excluding hydrogens is 490 g/mol. The Labute approximate surface area is 213 Å². The fraction of sp³-hybridized carbons (Fsp3) is 0.720. The van der Waals surface area contributed by atoms with Crippen molar-refractivity contribution in [1.82, 2.24) is 4.90 Å². The molecule has 1 aliphatic carbocycles. The van der Waals surface area contributed by atoms with Gasteiger partial charge in [-0.25, -0.2) is 8.42 Å². The first kappa shape index (κ1) is 28.1. The molecule has 0 aromatic heterocycles. The van der Waals surface area contributed by atoms with Crippen molar-refractivity contribution in [3.63, 3.8) is 0 Å². The van der Waals surface area contributed by atoms with Crippen molar-refractivity contribution in [2.75, 3.05) is 50.5 Å². The third-order valence-corrected chi connectivity index (χ3v) is 9.77. The van der Waals surface area contributed by atoms with Gasteiger partial charge in [0.05, 0.1) is 32.0 Å². The summed E-state index contributed by atoms with van der Waals surface area (Å²) in [5, 5.41) is -0.0419. The number of hydrogen-bond donors (Lipinski definition) is 0. The molecule has 1 saturated carbocycles. The second-order valence-electron chi connectivity index (χ2n) is 9.09. The first-order valence-electron chi connectivity index (χ1n) is 12.4. The number of ether oxygens (including phenoxy) is 4. The van der Waals surface area contributed by atoms with E-state index in [1.54, 1.807) is 14.2 Å². The molecule has 198 valence electrons. The van der Waals surface area contributed by atoms with E-state index in [2.05, 4.69) is 4.90 Å². The maximum atomic E-state index is 12.2. The highest BCUT2D eigenvalue weighted by atomic mass is 32.3. The Morgan fingerprint density at radius 3 is 2.63 bits per heavy atom. The van der Waals surface area contributed by atoms with Crippen molar-refractivity contribution < 1.29 is 32.2 Å². The van der Waals surface area contributed by atoms with Crippen molar-refractivity contribution in [3.05, 3.63) is 23.8 Å². The Morgan fingerprint density at radius 1 is 1.11 bits per heavy atom. The number of esters is 1. The number of benzene rings is 1. The van der Waals surface area contributed by atoms with Crippen LogP contribution in [0.15, 0.2) is 18.2 Å². The van der Waals surface area contributed by atoms with Crippen LogP contribution in [0.3, 0.4) is 0 Å². The van der Waals surface area contributed by atoms with E-state index in [4.69, 9.17) is 18.9 Å². The molecule has 1 aliphatic heterocycles. The Morgan fingerprint density at radius 2 is 1.89 bits per heavy atom. The summed E-state index contributed by atoms with van der Waals surface area (Å²) in [6.45, 7) is 3.98. The predicted molar refractivity (Wildman–Crippen MR) is 138 cm³/mol. The monoisotopic (exact) mass is 529 g/mol. The highest BCUT2D eigenvalue weighted by Crippen LogP contribution is 2.30. The van der Waals surface area contributed by atoms with Gasteiger partial charge in [-0.2, -0.15) is 0 Å². The van der Waals surface area contributed by atoms with Crippen molar-refractivity contribution in [2.24, 2.45) is 0 Å². The number of likely N-dealkylation sites (tertiary alicyclic amines) is 1. The molecule has 35 heavy (non-hydrogen) atoms. The molecule has 1 aromatic carbocycles. The topological polar surface area (TPSA) is 91.4 Å². The van der Waals surface area contributed by atoms with E-state index in [-0.39, 0.29) is 17.3 Å². The number of thioether (sulfide) groups is 1. The molecule has 1 saturated heterocycles. The van der Waals surface area contributed by atoms with E-state index in [1.807, 2.05) is 25.1 Å². The van der Waals surface area contributed by atoms with Crippen LogP contribution in [-0.4, -0.2) is 88.0 Å². The Bertz CT molecular complexity index is 924. The molecule has 2 aliphatic rings. The van der Waals surface area contributed by atoms with Gasteiger partial charge >= 0.3 is 5.97 Å². The number of carbonyl (C=O) groups is 1. The van der Waals surface area contributed by atoms with Gasteiger partial charge in [0.1, 0.15) is 11.9 Å². The Balaban J connectivity index is 1.48.